The standard InChI is InChI=1S/C10H14N4O/c1-7-9(5-12-6-13-7)10(15)14-8-2-3-11-4-8/h5-6,8,11H,2-4H2,1H3,(H,14,15). The van der Waals surface area contributed by atoms with Gasteiger partial charge < -0.3 is 10.6 Å². The lowest BCUT2D eigenvalue weighted by Gasteiger charge is -2.11. The molecule has 5 nitrogen and oxygen atoms in total. The Bertz CT molecular complexity index is 360. The summed E-state index contributed by atoms with van der Waals surface area (Å²) in [5.41, 5.74) is 1.28. The quantitative estimate of drug-likeness (QED) is 0.707. The van der Waals surface area contributed by atoms with Gasteiger partial charge >= 0.3 is 0 Å². The zero-order valence-electron chi connectivity index (χ0n) is 8.66. The molecule has 0 spiro atoms. The molecule has 1 aromatic rings. The Morgan fingerprint density at radius 3 is 3.20 bits per heavy atom. The summed E-state index contributed by atoms with van der Waals surface area (Å²) in [7, 11) is 0. The second-order valence-corrected chi connectivity index (χ2v) is 3.69. The lowest BCUT2D eigenvalue weighted by atomic mass is 10.2. The molecule has 0 aromatic carbocycles. The number of carbonyl (C=O) groups excluding carboxylic acids is 1. The van der Waals surface area contributed by atoms with Crippen LogP contribution in [0, 0.1) is 6.92 Å². The van der Waals surface area contributed by atoms with E-state index < -0.39 is 0 Å². The van der Waals surface area contributed by atoms with Gasteiger partial charge in [-0.2, -0.15) is 0 Å². The van der Waals surface area contributed by atoms with E-state index in [0.717, 1.165) is 19.5 Å². The zero-order valence-corrected chi connectivity index (χ0v) is 8.66. The van der Waals surface area contributed by atoms with Crippen molar-refractivity contribution >= 4 is 5.91 Å². The fraction of sp³-hybridized carbons (Fsp3) is 0.500. The van der Waals surface area contributed by atoms with E-state index >= 15 is 0 Å². The van der Waals surface area contributed by atoms with Crippen molar-refractivity contribution in [2.45, 2.75) is 19.4 Å². The first-order valence-corrected chi connectivity index (χ1v) is 5.05. The first-order valence-electron chi connectivity index (χ1n) is 5.05. The largest absolute Gasteiger partial charge is 0.348 e. The van der Waals surface area contributed by atoms with Gasteiger partial charge in [0.25, 0.3) is 5.91 Å². The summed E-state index contributed by atoms with van der Waals surface area (Å²) in [6.45, 7) is 3.62. The Morgan fingerprint density at radius 1 is 1.67 bits per heavy atom. The van der Waals surface area contributed by atoms with Crippen LogP contribution in [0.4, 0.5) is 0 Å². The van der Waals surface area contributed by atoms with E-state index in [0.29, 0.717) is 11.3 Å². The maximum atomic E-state index is 11.8. The van der Waals surface area contributed by atoms with Gasteiger partial charge in [0.15, 0.2) is 0 Å². The number of hydrogen-bond donors (Lipinski definition) is 2. The molecule has 1 saturated heterocycles. The zero-order chi connectivity index (χ0) is 10.7. The second-order valence-electron chi connectivity index (χ2n) is 3.69. The van der Waals surface area contributed by atoms with E-state index in [9.17, 15) is 4.79 Å². The van der Waals surface area contributed by atoms with Crippen molar-refractivity contribution in [3.05, 3.63) is 23.8 Å². The predicted molar refractivity (Wildman–Crippen MR) is 55.5 cm³/mol. The average molecular weight is 206 g/mol. The molecule has 15 heavy (non-hydrogen) atoms. The van der Waals surface area contributed by atoms with Gasteiger partial charge in [0.05, 0.1) is 11.3 Å². The van der Waals surface area contributed by atoms with E-state index in [4.69, 9.17) is 0 Å². The molecule has 1 amide bonds. The van der Waals surface area contributed by atoms with Crippen LogP contribution in [0.2, 0.25) is 0 Å². The minimum absolute atomic E-state index is 0.0817. The third-order valence-electron chi connectivity index (χ3n) is 2.55. The number of hydrogen-bond acceptors (Lipinski definition) is 4. The molecule has 1 fully saturated rings. The molecule has 2 N–H and O–H groups in total. The van der Waals surface area contributed by atoms with Crippen LogP contribution in [0.3, 0.4) is 0 Å². The van der Waals surface area contributed by atoms with E-state index in [1.807, 2.05) is 6.92 Å². The number of aromatic nitrogens is 2. The normalized spacial score (nSPS) is 20.2. The lowest BCUT2D eigenvalue weighted by Crippen LogP contribution is -2.36. The minimum Gasteiger partial charge on any atom is -0.348 e. The van der Waals surface area contributed by atoms with E-state index in [-0.39, 0.29) is 11.9 Å². The van der Waals surface area contributed by atoms with Gasteiger partial charge in [-0.1, -0.05) is 0 Å². The van der Waals surface area contributed by atoms with Crippen LogP contribution >= 0.6 is 0 Å². The monoisotopic (exact) mass is 206 g/mol. The minimum atomic E-state index is -0.0817. The van der Waals surface area contributed by atoms with Crippen LogP contribution in [0.25, 0.3) is 0 Å². The van der Waals surface area contributed by atoms with E-state index in [2.05, 4.69) is 20.6 Å². The van der Waals surface area contributed by atoms with Crippen LogP contribution in [0.5, 0.6) is 0 Å². The summed E-state index contributed by atoms with van der Waals surface area (Å²) in [5.74, 6) is -0.0817. The number of carbonyl (C=O) groups is 1. The molecular formula is C10H14N4O. The van der Waals surface area contributed by atoms with Crippen LogP contribution in [0.15, 0.2) is 12.5 Å². The van der Waals surface area contributed by atoms with Gasteiger partial charge in [-0.25, -0.2) is 9.97 Å². The topological polar surface area (TPSA) is 66.9 Å². The molecule has 80 valence electrons. The summed E-state index contributed by atoms with van der Waals surface area (Å²) in [6.07, 6.45) is 3.99. The molecule has 1 aliphatic rings. The van der Waals surface area contributed by atoms with Crippen LogP contribution in [0.1, 0.15) is 22.5 Å². The molecule has 2 heterocycles. The van der Waals surface area contributed by atoms with Crippen molar-refractivity contribution in [1.29, 1.82) is 0 Å². The number of nitrogens with zero attached hydrogens (tertiary/aromatic N) is 2. The predicted octanol–water partition coefficient (Wildman–Crippen LogP) is -0.123. The van der Waals surface area contributed by atoms with E-state index in [1.54, 1.807) is 6.20 Å². The van der Waals surface area contributed by atoms with Crippen LogP contribution < -0.4 is 10.6 Å². The van der Waals surface area contributed by atoms with Gasteiger partial charge in [0.1, 0.15) is 6.33 Å². The Labute approximate surface area is 88.3 Å². The Kier molecular flexibility index (Phi) is 2.91. The molecular weight excluding hydrogens is 192 g/mol. The lowest BCUT2D eigenvalue weighted by molar-refractivity contribution is 0.0938. The highest BCUT2D eigenvalue weighted by atomic mass is 16.1. The Balaban J connectivity index is 2.04. The molecule has 1 aromatic heterocycles. The summed E-state index contributed by atoms with van der Waals surface area (Å²) < 4.78 is 0. The second kappa shape index (κ2) is 4.35. The Morgan fingerprint density at radius 2 is 2.53 bits per heavy atom. The first-order chi connectivity index (χ1) is 7.27. The third kappa shape index (κ3) is 2.30. The number of amides is 1. The number of rotatable bonds is 2. The van der Waals surface area contributed by atoms with Crippen molar-refractivity contribution in [3.63, 3.8) is 0 Å². The van der Waals surface area contributed by atoms with Crippen molar-refractivity contribution in [3.8, 4) is 0 Å². The molecule has 1 atom stereocenters. The highest BCUT2D eigenvalue weighted by Gasteiger charge is 2.18. The molecule has 1 aliphatic heterocycles. The number of aryl methyl sites for hydroxylation is 1. The van der Waals surface area contributed by atoms with Gasteiger partial charge in [-0.15, -0.1) is 0 Å². The smallest absolute Gasteiger partial charge is 0.254 e. The highest BCUT2D eigenvalue weighted by molar-refractivity contribution is 5.95. The van der Waals surface area contributed by atoms with Crippen LogP contribution in [-0.4, -0.2) is 35.0 Å². The molecule has 2 rings (SSSR count). The fourth-order valence-electron chi connectivity index (χ4n) is 1.65. The Hall–Kier alpha value is -1.49. The fourth-order valence-corrected chi connectivity index (χ4v) is 1.65. The molecule has 0 saturated carbocycles. The highest BCUT2D eigenvalue weighted by Crippen LogP contribution is 2.04. The van der Waals surface area contributed by atoms with Gasteiger partial charge in [-0.05, 0) is 19.9 Å². The molecule has 1 unspecified atom stereocenters. The van der Waals surface area contributed by atoms with Crippen molar-refractivity contribution in [2.24, 2.45) is 0 Å². The SMILES string of the molecule is Cc1ncncc1C(=O)NC1CCNC1. The van der Waals surface area contributed by atoms with Crippen LogP contribution in [-0.2, 0) is 0 Å². The average Bonchev–Trinajstić information content (AvgIpc) is 2.71. The number of nitrogens with one attached hydrogen (secondary N) is 2. The molecule has 5 heteroatoms. The van der Waals surface area contributed by atoms with Gasteiger partial charge in [-0.3, -0.25) is 4.79 Å². The summed E-state index contributed by atoms with van der Waals surface area (Å²) in [5, 5.41) is 6.15. The molecule has 0 radical (unpaired) electrons. The third-order valence-corrected chi connectivity index (χ3v) is 2.55. The van der Waals surface area contributed by atoms with Crippen molar-refractivity contribution in [2.75, 3.05) is 13.1 Å². The van der Waals surface area contributed by atoms with Crippen molar-refractivity contribution < 1.29 is 4.79 Å². The van der Waals surface area contributed by atoms with Gasteiger partial charge in [0, 0.05) is 18.8 Å². The van der Waals surface area contributed by atoms with Crippen molar-refractivity contribution in [1.82, 2.24) is 20.6 Å². The summed E-state index contributed by atoms with van der Waals surface area (Å²) in [6, 6.07) is 0.233. The summed E-state index contributed by atoms with van der Waals surface area (Å²) >= 11 is 0. The maximum Gasteiger partial charge on any atom is 0.254 e. The van der Waals surface area contributed by atoms with Gasteiger partial charge in [0.2, 0.25) is 0 Å². The molecule has 0 aliphatic carbocycles. The van der Waals surface area contributed by atoms with E-state index in [1.165, 1.54) is 6.33 Å². The maximum absolute atomic E-state index is 11.8. The summed E-state index contributed by atoms with van der Waals surface area (Å²) in [4.78, 5) is 19.6. The molecule has 0 bridgehead atoms. The first kappa shape index (κ1) is 10.0.